The van der Waals surface area contributed by atoms with Gasteiger partial charge in [0.1, 0.15) is 11.6 Å². The van der Waals surface area contributed by atoms with Crippen molar-refractivity contribution in [2.75, 3.05) is 20.2 Å². The number of rotatable bonds is 6. The van der Waals surface area contributed by atoms with Gasteiger partial charge in [-0.2, -0.15) is 0 Å². The van der Waals surface area contributed by atoms with E-state index in [9.17, 15) is 4.39 Å². The van der Waals surface area contributed by atoms with Gasteiger partial charge in [0.15, 0.2) is 0 Å². The number of methoxy groups -OCH3 is 1. The first-order valence-electron chi connectivity index (χ1n) is 6.11. The van der Waals surface area contributed by atoms with E-state index in [1.54, 1.807) is 13.2 Å². The fraction of sp³-hybridized carbons (Fsp3) is 0.571. The molecule has 0 aliphatic carbocycles. The predicted molar refractivity (Wildman–Crippen MR) is 68.7 cm³/mol. The van der Waals surface area contributed by atoms with Gasteiger partial charge in [-0.1, -0.05) is 20.8 Å². The van der Waals surface area contributed by atoms with Crippen LogP contribution >= 0.6 is 0 Å². The lowest BCUT2D eigenvalue weighted by Crippen LogP contribution is -2.27. The second-order valence-corrected chi connectivity index (χ2v) is 4.72. The fourth-order valence-corrected chi connectivity index (χ4v) is 1.91. The van der Waals surface area contributed by atoms with Crippen LogP contribution in [0.3, 0.4) is 0 Å². The average molecular weight is 239 g/mol. The van der Waals surface area contributed by atoms with Crippen LogP contribution in [0.15, 0.2) is 18.2 Å². The van der Waals surface area contributed by atoms with Crippen LogP contribution in [0.1, 0.15) is 26.3 Å². The highest BCUT2D eigenvalue weighted by atomic mass is 19.1. The Morgan fingerprint density at radius 1 is 1.29 bits per heavy atom. The molecule has 0 aliphatic heterocycles. The molecular weight excluding hydrogens is 217 g/mol. The van der Waals surface area contributed by atoms with Crippen molar-refractivity contribution in [3.05, 3.63) is 29.6 Å². The van der Waals surface area contributed by atoms with Crippen LogP contribution in [-0.4, -0.2) is 25.1 Å². The van der Waals surface area contributed by atoms with Crippen LogP contribution in [-0.2, 0) is 6.54 Å². The monoisotopic (exact) mass is 239 g/mol. The van der Waals surface area contributed by atoms with E-state index in [0.717, 1.165) is 25.2 Å². The van der Waals surface area contributed by atoms with Gasteiger partial charge in [0.25, 0.3) is 0 Å². The third-order valence-electron chi connectivity index (χ3n) is 2.64. The molecule has 0 aliphatic rings. The third kappa shape index (κ3) is 4.73. The normalized spacial score (nSPS) is 11.2. The van der Waals surface area contributed by atoms with E-state index in [4.69, 9.17) is 4.74 Å². The Morgan fingerprint density at radius 3 is 2.53 bits per heavy atom. The van der Waals surface area contributed by atoms with E-state index in [1.165, 1.54) is 6.07 Å². The SMILES string of the molecule is CCN(Cc1cc(F)cc(OC)c1)CC(C)C. The van der Waals surface area contributed by atoms with Crippen molar-refractivity contribution in [1.29, 1.82) is 0 Å². The molecule has 0 saturated heterocycles. The Kier molecular flexibility index (Phi) is 5.42. The van der Waals surface area contributed by atoms with E-state index in [-0.39, 0.29) is 5.82 Å². The number of hydrogen-bond donors (Lipinski definition) is 0. The molecule has 0 unspecified atom stereocenters. The summed E-state index contributed by atoms with van der Waals surface area (Å²) in [6.07, 6.45) is 0. The molecule has 96 valence electrons. The van der Waals surface area contributed by atoms with E-state index >= 15 is 0 Å². The maximum atomic E-state index is 13.3. The van der Waals surface area contributed by atoms with Gasteiger partial charge in [-0.05, 0) is 30.2 Å². The Bertz CT molecular complexity index is 352. The van der Waals surface area contributed by atoms with Gasteiger partial charge in [0.05, 0.1) is 7.11 Å². The Morgan fingerprint density at radius 2 is 2.00 bits per heavy atom. The molecule has 0 aromatic heterocycles. The zero-order valence-corrected chi connectivity index (χ0v) is 11.2. The summed E-state index contributed by atoms with van der Waals surface area (Å²) in [7, 11) is 1.56. The Labute approximate surface area is 103 Å². The van der Waals surface area contributed by atoms with Gasteiger partial charge >= 0.3 is 0 Å². The molecule has 0 radical (unpaired) electrons. The van der Waals surface area contributed by atoms with Gasteiger partial charge in [-0.3, -0.25) is 4.90 Å². The van der Waals surface area contributed by atoms with E-state index in [1.807, 2.05) is 6.07 Å². The molecule has 1 aromatic carbocycles. The molecule has 0 saturated carbocycles. The van der Waals surface area contributed by atoms with Crippen molar-refractivity contribution < 1.29 is 9.13 Å². The van der Waals surface area contributed by atoms with Crippen LogP contribution in [0.25, 0.3) is 0 Å². The standard InChI is InChI=1S/C14H22FNO/c1-5-16(9-11(2)3)10-12-6-13(15)8-14(7-12)17-4/h6-8,11H,5,9-10H2,1-4H3. The largest absolute Gasteiger partial charge is 0.497 e. The van der Waals surface area contributed by atoms with Crippen LogP contribution < -0.4 is 4.74 Å². The number of halogens is 1. The summed E-state index contributed by atoms with van der Waals surface area (Å²) in [6.45, 7) is 9.26. The minimum atomic E-state index is -0.236. The van der Waals surface area contributed by atoms with Crippen molar-refractivity contribution in [2.45, 2.75) is 27.3 Å². The molecule has 17 heavy (non-hydrogen) atoms. The maximum Gasteiger partial charge on any atom is 0.127 e. The van der Waals surface area contributed by atoms with Crippen molar-refractivity contribution in [3.8, 4) is 5.75 Å². The smallest absolute Gasteiger partial charge is 0.127 e. The summed E-state index contributed by atoms with van der Waals surface area (Å²) in [5, 5.41) is 0. The van der Waals surface area contributed by atoms with Crippen molar-refractivity contribution in [1.82, 2.24) is 4.90 Å². The van der Waals surface area contributed by atoms with Crippen LogP contribution in [0.2, 0.25) is 0 Å². The lowest BCUT2D eigenvalue weighted by atomic mass is 10.1. The lowest BCUT2D eigenvalue weighted by molar-refractivity contribution is 0.248. The molecule has 0 fully saturated rings. The minimum Gasteiger partial charge on any atom is -0.497 e. The third-order valence-corrected chi connectivity index (χ3v) is 2.64. The quantitative estimate of drug-likeness (QED) is 0.755. The van der Waals surface area contributed by atoms with E-state index < -0.39 is 0 Å². The lowest BCUT2D eigenvalue weighted by Gasteiger charge is -2.22. The van der Waals surface area contributed by atoms with Crippen LogP contribution in [0.4, 0.5) is 4.39 Å². The highest BCUT2D eigenvalue weighted by Crippen LogP contribution is 2.17. The molecule has 2 nitrogen and oxygen atoms in total. The maximum absolute atomic E-state index is 13.3. The molecule has 0 atom stereocenters. The van der Waals surface area contributed by atoms with Crippen molar-refractivity contribution in [3.63, 3.8) is 0 Å². The average Bonchev–Trinajstić information content (AvgIpc) is 2.26. The van der Waals surface area contributed by atoms with Gasteiger partial charge in [0, 0.05) is 19.2 Å². The molecule has 0 amide bonds. The van der Waals surface area contributed by atoms with Gasteiger partial charge in [-0.25, -0.2) is 4.39 Å². The van der Waals surface area contributed by atoms with Gasteiger partial charge < -0.3 is 4.74 Å². The molecule has 0 heterocycles. The predicted octanol–water partition coefficient (Wildman–Crippen LogP) is 3.31. The van der Waals surface area contributed by atoms with Crippen molar-refractivity contribution in [2.24, 2.45) is 5.92 Å². The zero-order chi connectivity index (χ0) is 12.8. The first-order chi connectivity index (χ1) is 8.05. The number of hydrogen-bond acceptors (Lipinski definition) is 2. The molecule has 1 rings (SSSR count). The first-order valence-corrected chi connectivity index (χ1v) is 6.11. The fourth-order valence-electron chi connectivity index (χ4n) is 1.91. The molecule has 1 aromatic rings. The van der Waals surface area contributed by atoms with Gasteiger partial charge in [0.2, 0.25) is 0 Å². The summed E-state index contributed by atoms with van der Waals surface area (Å²) in [5.41, 5.74) is 0.962. The summed E-state index contributed by atoms with van der Waals surface area (Å²) in [4.78, 5) is 2.30. The highest BCUT2D eigenvalue weighted by molar-refractivity contribution is 5.29. The summed E-state index contributed by atoms with van der Waals surface area (Å²) in [5.74, 6) is 0.964. The highest BCUT2D eigenvalue weighted by Gasteiger charge is 2.08. The Hall–Kier alpha value is -1.09. The first kappa shape index (κ1) is 14.0. The second-order valence-electron chi connectivity index (χ2n) is 4.72. The molecular formula is C14H22FNO. The number of ether oxygens (including phenoxy) is 1. The molecule has 0 bridgehead atoms. The summed E-state index contributed by atoms with van der Waals surface area (Å²) < 4.78 is 18.4. The number of benzene rings is 1. The van der Waals surface area contributed by atoms with Crippen LogP contribution in [0, 0.1) is 11.7 Å². The van der Waals surface area contributed by atoms with Crippen molar-refractivity contribution >= 4 is 0 Å². The van der Waals surface area contributed by atoms with Crippen LogP contribution in [0.5, 0.6) is 5.75 Å². The Balaban J connectivity index is 2.74. The topological polar surface area (TPSA) is 12.5 Å². The zero-order valence-electron chi connectivity index (χ0n) is 11.2. The number of nitrogens with zero attached hydrogens (tertiary/aromatic N) is 1. The summed E-state index contributed by atoms with van der Waals surface area (Å²) in [6, 6.07) is 4.87. The minimum absolute atomic E-state index is 0.236. The molecule has 3 heteroatoms. The molecule has 0 N–H and O–H groups in total. The summed E-state index contributed by atoms with van der Waals surface area (Å²) >= 11 is 0. The van der Waals surface area contributed by atoms with E-state index in [2.05, 4.69) is 25.7 Å². The molecule has 0 spiro atoms. The van der Waals surface area contributed by atoms with E-state index in [0.29, 0.717) is 11.7 Å². The van der Waals surface area contributed by atoms with Gasteiger partial charge in [-0.15, -0.1) is 0 Å². The second kappa shape index (κ2) is 6.60.